The highest BCUT2D eigenvalue weighted by molar-refractivity contribution is 5.29. The summed E-state index contributed by atoms with van der Waals surface area (Å²) in [6.07, 6.45) is 7.18. The zero-order chi connectivity index (χ0) is 9.80. The number of rotatable bonds is 3. The van der Waals surface area contributed by atoms with E-state index in [0.717, 1.165) is 12.5 Å². The van der Waals surface area contributed by atoms with Gasteiger partial charge in [-0.25, -0.2) is 4.98 Å². The molecule has 2 heterocycles. The van der Waals surface area contributed by atoms with Gasteiger partial charge < -0.3 is 10.3 Å². The van der Waals surface area contributed by atoms with Crippen LogP contribution in [0.1, 0.15) is 11.1 Å². The Morgan fingerprint density at radius 1 is 1.43 bits per heavy atom. The fourth-order valence-corrected chi connectivity index (χ4v) is 1.24. The van der Waals surface area contributed by atoms with Gasteiger partial charge in [0.15, 0.2) is 5.95 Å². The molecule has 2 rings (SSSR count). The van der Waals surface area contributed by atoms with Gasteiger partial charge in [0, 0.05) is 31.3 Å². The average Bonchev–Trinajstić information content (AvgIpc) is 2.69. The Kier molecular flexibility index (Phi) is 2.44. The lowest BCUT2D eigenvalue weighted by molar-refractivity contribution is 1.06. The van der Waals surface area contributed by atoms with Crippen LogP contribution in [0, 0.1) is 6.92 Å². The van der Waals surface area contributed by atoms with Gasteiger partial charge >= 0.3 is 0 Å². The smallest absolute Gasteiger partial charge is 0.200 e. The second kappa shape index (κ2) is 3.91. The minimum atomic E-state index is 0.766. The van der Waals surface area contributed by atoms with Crippen LogP contribution in [0.25, 0.3) is 0 Å². The van der Waals surface area contributed by atoms with Crippen LogP contribution in [0.4, 0.5) is 5.95 Å². The zero-order valence-corrected chi connectivity index (χ0v) is 7.99. The maximum atomic E-state index is 4.08. The number of H-pyrrole nitrogens is 1. The molecule has 0 saturated carbocycles. The molecule has 0 atom stereocenters. The quantitative estimate of drug-likeness (QED) is 0.771. The molecule has 0 fully saturated rings. The molecule has 4 heteroatoms. The minimum Gasteiger partial charge on any atom is -0.352 e. The maximum Gasteiger partial charge on any atom is 0.200 e. The number of hydrogen-bond acceptors (Lipinski definition) is 3. The summed E-state index contributed by atoms with van der Waals surface area (Å²) in [4.78, 5) is 11.1. The van der Waals surface area contributed by atoms with Crippen molar-refractivity contribution in [2.45, 2.75) is 13.5 Å². The number of nitrogens with zero attached hydrogens (tertiary/aromatic N) is 2. The monoisotopic (exact) mass is 188 g/mol. The summed E-state index contributed by atoms with van der Waals surface area (Å²) < 4.78 is 0. The zero-order valence-electron chi connectivity index (χ0n) is 7.99. The first-order chi connectivity index (χ1) is 6.86. The fraction of sp³-hybridized carbons (Fsp3) is 0.200. The Bertz CT molecular complexity index is 394. The van der Waals surface area contributed by atoms with Crippen molar-refractivity contribution in [1.29, 1.82) is 0 Å². The fourth-order valence-electron chi connectivity index (χ4n) is 1.24. The van der Waals surface area contributed by atoms with Crippen LogP contribution in [0.2, 0.25) is 0 Å². The van der Waals surface area contributed by atoms with Crippen LogP contribution in [-0.4, -0.2) is 15.0 Å². The number of aromatic nitrogens is 3. The molecule has 0 amide bonds. The molecule has 4 nitrogen and oxygen atoms in total. The van der Waals surface area contributed by atoms with Gasteiger partial charge in [0.05, 0.1) is 0 Å². The third kappa shape index (κ3) is 1.90. The van der Waals surface area contributed by atoms with Crippen molar-refractivity contribution in [1.82, 2.24) is 15.0 Å². The summed E-state index contributed by atoms with van der Waals surface area (Å²) in [6.45, 7) is 2.81. The predicted octanol–water partition coefficient (Wildman–Crippen LogP) is 1.73. The van der Waals surface area contributed by atoms with Crippen LogP contribution in [0.5, 0.6) is 0 Å². The van der Waals surface area contributed by atoms with Crippen molar-refractivity contribution in [2.75, 3.05) is 5.32 Å². The summed E-state index contributed by atoms with van der Waals surface area (Å²) in [5.74, 6) is 0.793. The lowest BCUT2D eigenvalue weighted by Gasteiger charge is -2.05. The van der Waals surface area contributed by atoms with Crippen molar-refractivity contribution in [3.63, 3.8) is 0 Å². The van der Waals surface area contributed by atoms with Crippen molar-refractivity contribution in [3.05, 3.63) is 42.0 Å². The van der Waals surface area contributed by atoms with Crippen LogP contribution in [0.15, 0.2) is 30.9 Å². The SMILES string of the molecule is Cc1cnccc1CNc1ncc[nH]1. The van der Waals surface area contributed by atoms with Gasteiger partial charge in [0.1, 0.15) is 0 Å². The van der Waals surface area contributed by atoms with E-state index in [-0.39, 0.29) is 0 Å². The molecule has 0 aliphatic heterocycles. The van der Waals surface area contributed by atoms with Gasteiger partial charge in [-0.15, -0.1) is 0 Å². The third-order valence-corrected chi connectivity index (χ3v) is 2.08. The van der Waals surface area contributed by atoms with E-state index in [1.54, 1.807) is 18.6 Å². The Hall–Kier alpha value is -1.84. The lowest BCUT2D eigenvalue weighted by atomic mass is 10.1. The highest BCUT2D eigenvalue weighted by Gasteiger charge is 1.97. The summed E-state index contributed by atoms with van der Waals surface area (Å²) in [5, 5.41) is 3.19. The van der Waals surface area contributed by atoms with E-state index in [0.29, 0.717) is 0 Å². The molecule has 0 spiro atoms. The number of imidazole rings is 1. The van der Waals surface area contributed by atoms with Crippen LogP contribution >= 0.6 is 0 Å². The van der Waals surface area contributed by atoms with E-state index in [2.05, 4.69) is 20.3 Å². The van der Waals surface area contributed by atoms with Gasteiger partial charge in [0.25, 0.3) is 0 Å². The van der Waals surface area contributed by atoms with Gasteiger partial charge in [0.2, 0.25) is 0 Å². The Morgan fingerprint density at radius 3 is 3.07 bits per heavy atom. The van der Waals surface area contributed by atoms with Gasteiger partial charge in [-0.1, -0.05) is 0 Å². The number of anilines is 1. The Balaban J connectivity index is 2.02. The second-order valence-corrected chi connectivity index (χ2v) is 3.09. The Morgan fingerprint density at radius 2 is 2.36 bits per heavy atom. The van der Waals surface area contributed by atoms with Crippen molar-refractivity contribution < 1.29 is 0 Å². The first-order valence-electron chi connectivity index (χ1n) is 4.49. The summed E-state index contributed by atoms with van der Waals surface area (Å²) in [5.41, 5.74) is 2.42. The first-order valence-corrected chi connectivity index (χ1v) is 4.49. The van der Waals surface area contributed by atoms with Gasteiger partial charge in [-0.2, -0.15) is 0 Å². The molecular formula is C10H12N4. The molecule has 0 aromatic carbocycles. The minimum absolute atomic E-state index is 0.766. The van der Waals surface area contributed by atoms with E-state index >= 15 is 0 Å². The summed E-state index contributed by atoms with van der Waals surface area (Å²) >= 11 is 0. The molecular weight excluding hydrogens is 176 g/mol. The topological polar surface area (TPSA) is 53.6 Å². The van der Waals surface area contributed by atoms with Crippen LogP contribution in [-0.2, 0) is 6.54 Å². The second-order valence-electron chi connectivity index (χ2n) is 3.09. The number of pyridine rings is 1. The van der Waals surface area contributed by atoms with Crippen LogP contribution < -0.4 is 5.32 Å². The van der Waals surface area contributed by atoms with E-state index in [4.69, 9.17) is 0 Å². The highest BCUT2D eigenvalue weighted by Crippen LogP contribution is 2.06. The van der Waals surface area contributed by atoms with Crippen molar-refractivity contribution in [2.24, 2.45) is 0 Å². The standard InChI is InChI=1S/C10H12N4/c1-8-6-11-3-2-9(8)7-14-10-12-4-5-13-10/h2-6H,7H2,1H3,(H2,12,13,14). The molecule has 2 aromatic rings. The summed E-state index contributed by atoms with van der Waals surface area (Å²) in [7, 11) is 0. The third-order valence-electron chi connectivity index (χ3n) is 2.08. The first kappa shape index (κ1) is 8.74. The lowest BCUT2D eigenvalue weighted by Crippen LogP contribution is -2.02. The molecule has 14 heavy (non-hydrogen) atoms. The predicted molar refractivity (Wildman–Crippen MR) is 54.9 cm³/mol. The normalized spacial score (nSPS) is 10.1. The summed E-state index contributed by atoms with van der Waals surface area (Å²) in [6, 6.07) is 2.01. The molecule has 0 radical (unpaired) electrons. The molecule has 0 aliphatic rings. The molecule has 0 aliphatic carbocycles. The molecule has 2 N–H and O–H groups in total. The number of nitrogens with one attached hydrogen (secondary N) is 2. The van der Waals surface area contributed by atoms with E-state index in [1.807, 2.05) is 19.2 Å². The van der Waals surface area contributed by atoms with Gasteiger partial charge in [-0.05, 0) is 24.1 Å². The number of hydrogen-bond donors (Lipinski definition) is 2. The van der Waals surface area contributed by atoms with Crippen LogP contribution in [0.3, 0.4) is 0 Å². The highest BCUT2D eigenvalue weighted by atomic mass is 15.1. The number of aryl methyl sites for hydroxylation is 1. The molecule has 2 aromatic heterocycles. The van der Waals surface area contributed by atoms with E-state index in [9.17, 15) is 0 Å². The largest absolute Gasteiger partial charge is 0.352 e. The van der Waals surface area contributed by atoms with Crippen molar-refractivity contribution in [3.8, 4) is 0 Å². The number of aromatic amines is 1. The maximum absolute atomic E-state index is 4.08. The molecule has 0 bridgehead atoms. The molecule has 0 unspecified atom stereocenters. The average molecular weight is 188 g/mol. The van der Waals surface area contributed by atoms with E-state index < -0.39 is 0 Å². The van der Waals surface area contributed by atoms with Crippen molar-refractivity contribution >= 4 is 5.95 Å². The van der Waals surface area contributed by atoms with E-state index in [1.165, 1.54) is 11.1 Å². The molecule has 0 saturated heterocycles. The molecule has 72 valence electrons. The Labute approximate surface area is 82.4 Å². The van der Waals surface area contributed by atoms with Gasteiger partial charge in [-0.3, -0.25) is 4.98 Å².